The van der Waals surface area contributed by atoms with Crippen molar-refractivity contribution in [3.05, 3.63) is 15.6 Å². The summed E-state index contributed by atoms with van der Waals surface area (Å²) in [6.45, 7) is 8.21. The lowest BCUT2D eigenvalue weighted by atomic mass is 10.1. The Morgan fingerprint density at radius 2 is 2.14 bits per heavy atom. The number of rotatable bonds is 4. The molecule has 2 rings (SSSR count). The molecule has 7 heteroatoms. The number of aromatic nitrogens is 1. The van der Waals surface area contributed by atoms with Gasteiger partial charge in [0.05, 0.1) is 12.2 Å². The lowest BCUT2D eigenvalue weighted by Gasteiger charge is -2.24. The predicted molar refractivity (Wildman–Crippen MR) is 105 cm³/mol. The summed E-state index contributed by atoms with van der Waals surface area (Å²) in [6.07, 6.45) is 2.61. The van der Waals surface area contributed by atoms with Gasteiger partial charge >= 0.3 is 0 Å². The van der Waals surface area contributed by atoms with Gasteiger partial charge in [0, 0.05) is 23.2 Å². The SMILES string of the molecule is CN=C(NCc1nc(C)c(C)s1)NCC1(C)CCCS1.I. The summed E-state index contributed by atoms with van der Waals surface area (Å²) in [6, 6.07) is 0. The minimum absolute atomic E-state index is 0. The quantitative estimate of drug-likeness (QED) is 0.429. The van der Waals surface area contributed by atoms with Crippen LogP contribution in [-0.2, 0) is 6.54 Å². The second kappa shape index (κ2) is 8.57. The van der Waals surface area contributed by atoms with E-state index in [1.165, 1.54) is 23.5 Å². The molecule has 1 aromatic heterocycles. The van der Waals surface area contributed by atoms with E-state index in [0.29, 0.717) is 4.75 Å². The lowest BCUT2D eigenvalue weighted by molar-refractivity contribution is 0.584. The first-order chi connectivity index (χ1) is 9.52. The Labute approximate surface area is 153 Å². The molecule has 120 valence electrons. The Hall–Kier alpha value is -0.0200. The van der Waals surface area contributed by atoms with E-state index in [1.807, 2.05) is 7.05 Å². The predicted octanol–water partition coefficient (Wildman–Crippen LogP) is 3.33. The van der Waals surface area contributed by atoms with Gasteiger partial charge in [-0.15, -0.1) is 35.3 Å². The fraction of sp³-hybridized carbons (Fsp3) is 0.714. The van der Waals surface area contributed by atoms with E-state index in [9.17, 15) is 0 Å². The van der Waals surface area contributed by atoms with Crippen LogP contribution < -0.4 is 10.6 Å². The molecule has 1 aliphatic rings. The van der Waals surface area contributed by atoms with Crippen molar-refractivity contribution < 1.29 is 0 Å². The summed E-state index contributed by atoms with van der Waals surface area (Å²) in [7, 11) is 1.82. The first-order valence-corrected chi connectivity index (χ1v) is 8.84. The van der Waals surface area contributed by atoms with Gasteiger partial charge in [-0.2, -0.15) is 11.8 Å². The number of thiazole rings is 1. The third-order valence-electron chi connectivity index (χ3n) is 3.63. The van der Waals surface area contributed by atoms with Crippen LogP contribution in [0.4, 0.5) is 0 Å². The van der Waals surface area contributed by atoms with Crippen molar-refractivity contribution in [2.75, 3.05) is 19.3 Å². The molecule has 21 heavy (non-hydrogen) atoms. The first kappa shape index (κ1) is 19.0. The van der Waals surface area contributed by atoms with Crippen LogP contribution >= 0.6 is 47.1 Å². The molecule has 2 heterocycles. The monoisotopic (exact) mass is 440 g/mol. The molecule has 0 aliphatic carbocycles. The molecule has 0 amide bonds. The molecule has 1 aromatic rings. The van der Waals surface area contributed by atoms with E-state index >= 15 is 0 Å². The van der Waals surface area contributed by atoms with Crippen molar-refractivity contribution in [3.63, 3.8) is 0 Å². The normalized spacial score (nSPS) is 22.0. The van der Waals surface area contributed by atoms with Gasteiger partial charge in [-0.3, -0.25) is 4.99 Å². The van der Waals surface area contributed by atoms with Gasteiger partial charge < -0.3 is 10.6 Å². The maximum atomic E-state index is 4.54. The van der Waals surface area contributed by atoms with Crippen molar-refractivity contribution in [3.8, 4) is 0 Å². The molecule has 0 radical (unpaired) electrons. The molecule has 2 N–H and O–H groups in total. The Morgan fingerprint density at radius 1 is 1.38 bits per heavy atom. The standard InChI is InChI=1S/C14H24N4S2.HI/c1-10-11(2)20-12(18-10)8-16-13(15-4)17-9-14(3)6-5-7-19-14;/h5-9H2,1-4H3,(H2,15,16,17);1H. The molecule has 0 spiro atoms. The first-order valence-electron chi connectivity index (χ1n) is 7.04. The summed E-state index contributed by atoms with van der Waals surface area (Å²) in [5.74, 6) is 2.14. The lowest BCUT2D eigenvalue weighted by Crippen LogP contribution is -2.43. The van der Waals surface area contributed by atoms with Crippen LogP contribution in [0.1, 0.15) is 35.3 Å². The summed E-state index contributed by atoms with van der Waals surface area (Å²) in [5, 5.41) is 7.90. The molecular formula is C14H25IN4S2. The van der Waals surface area contributed by atoms with Crippen LogP contribution in [0.2, 0.25) is 0 Å². The van der Waals surface area contributed by atoms with Crippen LogP contribution in [-0.4, -0.2) is 35.0 Å². The van der Waals surface area contributed by atoms with Gasteiger partial charge in [-0.05, 0) is 39.4 Å². The molecule has 4 nitrogen and oxygen atoms in total. The highest BCUT2D eigenvalue weighted by molar-refractivity contribution is 14.0. The molecule has 1 fully saturated rings. The van der Waals surface area contributed by atoms with Gasteiger partial charge in [0.2, 0.25) is 0 Å². The summed E-state index contributed by atoms with van der Waals surface area (Å²) < 4.78 is 0.353. The number of aryl methyl sites for hydroxylation is 2. The van der Waals surface area contributed by atoms with Crippen LogP contribution in [0.3, 0.4) is 0 Å². The summed E-state index contributed by atoms with van der Waals surface area (Å²) >= 11 is 3.81. The number of hydrogen-bond donors (Lipinski definition) is 2. The number of nitrogens with one attached hydrogen (secondary N) is 2. The fourth-order valence-electron chi connectivity index (χ4n) is 2.24. The van der Waals surface area contributed by atoms with Gasteiger partial charge in [-0.25, -0.2) is 4.98 Å². The molecule has 0 saturated carbocycles. The van der Waals surface area contributed by atoms with E-state index in [-0.39, 0.29) is 24.0 Å². The highest BCUT2D eigenvalue weighted by Crippen LogP contribution is 2.36. The Kier molecular flexibility index (Phi) is 7.77. The smallest absolute Gasteiger partial charge is 0.191 e. The van der Waals surface area contributed by atoms with Gasteiger partial charge in [0.15, 0.2) is 5.96 Å². The largest absolute Gasteiger partial charge is 0.355 e. The molecule has 1 aliphatic heterocycles. The highest BCUT2D eigenvalue weighted by atomic mass is 127. The van der Waals surface area contributed by atoms with E-state index in [1.54, 1.807) is 11.3 Å². The minimum atomic E-state index is 0. The van der Waals surface area contributed by atoms with E-state index in [0.717, 1.165) is 29.8 Å². The molecule has 1 unspecified atom stereocenters. The van der Waals surface area contributed by atoms with Crippen LogP contribution in [0.5, 0.6) is 0 Å². The number of nitrogens with zero attached hydrogens (tertiary/aromatic N) is 2. The van der Waals surface area contributed by atoms with Crippen molar-refractivity contribution in [2.45, 2.75) is 44.9 Å². The van der Waals surface area contributed by atoms with Crippen LogP contribution in [0, 0.1) is 13.8 Å². The Morgan fingerprint density at radius 3 is 2.67 bits per heavy atom. The second-order valence-electron chi connectivity index (χ2n) is 5.43. The van der Waals surface area contributed by atoms with Crippen molar-refractivity contribution in [2.24, 2.45) is 4.99 Å². The van der Waals surface area contributed by atoms with E-state index < -0.39 is 0 Å². The van der Waals surface area contributed by atoms with E-state index in [4.69, 9.17) is 0 Å². The second-order valence-corrected chi connectivity index (χ2v) is 8.40. The number of guanidine groups is 1. The third-order valence-corrected chi connectivity index (χ3v) is 6.24. The minimum Gasteiger partial charge on any atom is -0.355 e. The van der Waals surface area contributed by atoms with Gasteiger partial charge in [-0.1, -0.05) is 0 Å². The molecule has 0 aromatic carbocycles. The number of hydrogen-bond acceptors (Lipinski definition) is 4. The maximum absolute atomic E-state index is 4.54. The van der Waals surface area contributed by atoms with Gasteiger partial charge in [0.25, 0.3) is 0 Å². The molecule has 1 saturated heterocycles. The molecule has 0 bridgehead atoms. The maximum Gasteiger partial charge on any atom is 0.191 e. The molecule has 1 atom stereocenters. The Bertz CT molecular complexity index is 462. The van der Waals surface area contributed by atoms with Crippen LogP contribution in [0.25, 0.3) is 0 Å². The zero-order valence-electron chi connectivity index (χ0n) is 13.2. The number of halogens is 1. The average molecular weight is 440 g/mol. The zero-order valence-corrected chi connectivity index (χ0v) is 17.1. The molecular weight excluding hydrogens is 415 g/mol. The number of aliphatic imine (C=N–C) groups is 1. The zero-order chi connectivity index (χ0) is 14.6. The highest BCUT2D eigenvalue weighted by Gasteiger charge is 2.29. The Balaban J connectivity index is 0.00000220. The average Bonchev–Trinajstić information content (AvgIpc) is 2.98. The summed E-state index contributed by atoms with van der Waals surface area (Å²) in [4.78, 5) is 10.1. The van der Waals surface area contributed by atoms with Crippen molar-refractivity contribution in [1.82, 2.24) is 15.6 Å². The number of thioether (sulfide) groups is 1. The van der Waals surface area contributed by atoms with Crippen molar-refractivity contribution in [1.29, 1.82) is 0 Å². The van der Waals surface area contributed by atoms with E-state index in [2.05, 4.69) is 53.1 Å². The topological polar surface area (TPSA) is 49.3 Å². The van der Waals surface area contributed by atoms with Gasteiger partial charge in [0.1, 0.15) is 5.01 Å². The fourth-order valence-corrected chi connectivity index (χ4v) is 4.36. The van der Waals surface area contributed by atoms with Crippen LogP contribution in [0.15, 0.2) is 4.99 Å². The summed E-state index contributed by atoms with van der Waals surface area (Å²) in [5.41, 5.74) is 1.13. The third kappa shape index (κ3) is 5.59. The van der Waals surface area contributed by atoms with Crippen molar-refractivity contribution >= 4 is 53.0 Å².